The zero-order chi connectivity index (χ0) is 13.8. The maximum absolute atomic E-state index is 11.7. The highest BCUT2D eigenvalue weighted by molar-refractivity contribution is 5.77. The molecule has 106 valence electrons. The van der Waals surface area contributed by atoms with Crippen molar-refractivity contribution < 1.29 is 9.53 Å². The molecule has 0 bridgehead atoms. The Morgan fingerprint density at radius 2 is 2.42 bits per heavy atom. The molecule has 19 heavy (non-hydrogen) atoms. The van der Waals surface area contributed by atoms with E-state index in [4.69, 9.17) is 4.74 Å². The maximum Gasteiger partial charge on any atom is 0.246 e. The van der Waals surface area contributed by atoms with Gasteiger partial charge in [0.1, 0.15) is 6.61 Å². The molecule has 1 heterocycles. The molecule has 0 aliphatic heterocycles. The van der Waals surface area contributed by atoms with Crippen LogP contribution in [0.3, 0.4) is 0 Å². The summed E-state index contributed by atoms with van der Waals surface area (Å²) in [5.74, 6) is -0.0567. The van der Waals surface area contributed by atoms with E-state index in [9.17, 15) is 4.79 Å². The van der Waals surface area contributed by atoms with Crippen molar-refractivity contribution in [1.29, 1.82) is 0 Å². The largest absolute Gasteiger partial charge is 0.372 e. The van der Waals surface area contributed by atoms with Crippen LogP contribution in [0.2, 0.25) is 0 Å². The van der Waals surface area contributed by atoms with Gasteiger partial charge >= 0.3 is 0 Å². The molecule has 5 heteroatoms. The molecule has 0 radical (unpaired) electrons. The van der Waals surface area contributed by atoms with Crippen LogP contribution in [0.25, 0.3) is 0 Å². The smallest absolute Gasteiger partial charge is 0.246 e. The summed E-state index contributed by atoms with van der Waals surface area (Å²) in [4.78, 5) is 11.7. The van der Waals surface area contributed by atoms with Crippen molar-refractivity contribution in [2.45, 2.75) is 52.1 Å². The monoisotopic (exact) mass is 265 g/mol. The average Bonchev–Trinajstić information content (AvgIpc) is 2.81. The first-order chi connectivity index (χ1) is 9.11. The van der Waals surface area contributed by atoms with Crippen LogP contribution in [0.4, 0.5) is 0 Å². The van der Waals surface area contributed by atoms with Gasteiger partial charge < -0.3 is 10.1 Å². The number of fused-ring (bicyclic) bond motifs is 1. The Balaban J connectivity index is 2.06. The summed E-state index contributed by atoms with van der Waals surface area (Å²) in [7, 11) is 0. The summed E-state index contributed by atoms with van der Waals surface area (Å²) >= 11 is 0. The molecule has 0 aromatic carbocycles. The topological polar surface area (TPSA) is 56.1 Å². The first kappa shape index (κ1) is 14.1. The molecule has 1 aromatic rings. The summed E-state index contributed by atoms with van der Waals surface area (Å²) < 4.78 is 7.11. The number of aryl methyl sites for hydroxylation is 1. The summed E-state index contributed by atoms with van der Waals surface area (Å²) in [5, 5.41) is 7.65. The Morgan fingerprint density at radius 1 is 1.63 bits per heavy atom. The van der Waals surface area contributed by atoms with Crippen LogP contribution in [0.5, 0.6) is 0 Å². The van der Waals surface area contributed by atoms with Gasteiger partial charge in [-0.2, -0.15) is 5.10 Å². The molecule has 5 nitrogen and oxygen atoms in total. The van der Waals surface area contributed by atoms with E-state index in [0.717, 1.165) is 25.0 Å². The van der Waals surface area contributed by atoms with Crippen LogP contribution >= 0.6 is 0 Å². The third kappa shape index (κ3) is 3.35. The van der Waals surface area contributed by atoms with Gasteiger partial charge in [-0.3, -0.25) is 9.48 Å². The van der Waals surface area contributed by atoms with Gasteiger partial charge in [0, 0.05) is 18.8 Å². The van der Waals surface area contributed by atoms with Crippen molar-refractivity contribution in [2.75, 3.05) is 13.2 Å². The Kier molecular flexibility index (Phi) is 4.58. The average molecular weight is 265 g/mol. The summed E-state index contributed by atoms with van der Waals surface area (Å²) in [6.45, 7) is 6.80. The number of carbonyl (C=O) groups is 1. The maximum atomic E-state index is 11.7. The molecular weight excluding hydrogens is 242 g/mol. The number of ether oxygens (including phenoxy) is 1. The normalized spacial score (nSPS) is 18.4. The fourth-order valence-electron chi connectivity index (χ4n) is 2.40. The van der Waals surface area contributed by atoms with Crippen molar-refractivity contribution in [3.05, 3.63) is 17.5 Å². The van der Waals surface area contributed by atoms with Crippen LogP contribution < -0.4 is 5.32 Å². The van der Waals surface area contributed by atoms with Gasteiger partial charge in [0.25, 0.3) is 0 Å². The third-order valence-corrected chi connectivity index (χ3v) is 3.41. The van der Waals surface area contributed by atoms with E-state index in [1.165, 1.54) is 5.56 Å². The molecule has 2 rings (SSSR count). The molecule has 1 aliphatic rings. The first-order valence-electron chi connectivity index (χ1n) is 7.06. The number of nitrogens with one attached hydrogen (secondary N) is 1. The molecule has 1 N–H and O–H groups in total. The lowest BCUT2D eigenvalue weighted by Crippen LogP contribution is -2.33. The SMILES string of the molecule is CCOCC(=O)N[C@H]1CCCc2cn(C(C)C)nc21. The molecule has 0 unspecified atom stereocenters. The summed E-state index contributed by atoms with van der Waals surface area (Å²) in [6.07, 6.45) is 5.22. The molecule has 0 saturated carbocycles. The van der Waals surface area contributed by atoms with E-state index in [0.29, 0.717) is 12.6 Å². The van der Waals surface area contributed by atoms with Crippen LogP contribution in [-0.2, 0) is 16.0 Å². The highest BCUT2D eigenvalue weighted by Crippen LogP contribution is 2.29. The number of carbonyl (C=O) groups excluding carboxylic acids is 1. The van der Waals surface area contributed by atoms with Crippen molar-refractivity contribution in [3.8, 4) is 0 Å². The second-order valence-corrected chi connectivity index (χ2v) is 5.26. The molecule has 1 aliphatic carbocycles. The van der Waals surface area contributed by atoms with Crippen molar-refractivity contribution in [2.24, 2.45) is 0 Å². The van der Waals surface area contributed by atoms with Gasteiger partial charge in [0.15, 0.2) is 0 Å². The third-order valence-electron chi connectivity index (χ3n) is 3.41. The van der Waals surface area contributed by atoms with Crippen LogP contribution in [0.1, 0.15) is 57.0 Å². The minimum atomic E-state index is -0.0567. The van der Waals surface area contributed by atoms with Crippen molar-refractivity contribution in [1.82, 2.24) is 15.1 Å². The molecule has 0 fully saturated rings. The van der Waals surface area contributed by atoms with Gasteiger partial charge in [0.2, 0.25) is 5.91 Å². The van der Waals surface area contributed by atoms with Gasteiger partial charge in [-0.1, -0.05) is 0 Å². The highest BCUT2D eigenvalue weighted by Gasteiger charge is 2.25. The number of aromatic nitrogens is 2. The number of hydrogen-bond donors (Lipinski definition) is 1. The lowest BCUT2D eigenvalue weighted by Gasteiger charge is -2.22. The Hall–Kier alpha value is -1.36. The zero-order valence-electron chi connectivity index (χ0n) is 12.0. The fraction of sp³-hybridized carbons (Fsp3) is 0.714. The predicted molar refractivity (Wildman–Crippen MR) is 72.9 cm³/mol. The Bertz CT molecular complexity index is 440. The van der Waals surface area contributed by atoms with Crippen LogP contribution in [-0.4, -0.2) is 28.9 Å². The van der Waals surface area contributed by atoms with Gasteiger partial charge in [0.05, 0.1) is 11.7 Å². The number of rotatable bonds is 5. The van der Waals surface area contributed by atoms with E-state index < -0.39 is 0 Å². The van der Waals surface area contributed by atoms with E-state index in [2.05, 4.69) is 30.5 Å². The molecule has 1 amide bonds. The van der Waals surface area contributed by atoms with Crippen LogP contribution in [0, 0.1) is 0 Å². The van der Waals surface area contributed by atoms with E-state index in [1.807, 2.05) is 11.6 Å². The standard InChI is InChI=1S/C14H23N3O2/c1-4-19-9-13(18)15-12-7-5-6-11-8-17(10(2)3)16-14(11)12/h8,10,12H,4-7,9H2,1-3H3,(H,15,18)/t12-/m0/s1. The molecule has 0 saturated heterocycles. The Labute approximate surface area is 114 Å². The zero-order valence-corrected chi connectivity index (χ0v) is 12.0. The van der Waals surface area contributed by atoms with E-state index in [1.54, 1.807) is 0 Å². The lowest BCUT2D eigenvalue weighted by atomic mass is 9.94. The minimum Gasteiger partial charge on any atom is -0.372 e. The van der Waals surface area contributed by atoms with Gasteiger partial charge in [-0.15, -0.1) is 0 Å². The molecule has 0 spiro atoms. The summed E-state index contributed by atoms with van der Waals surface area (Å²) in [5.41, 5.74) is 2.30. The number of amides is 1. The highest BCUT2D eigenvalue weighted by atomic mass is 16.5. The van der Waals surface area contributed by atoms with Crippen molar-refractivity contribution >= 4 is 5.91 Å². The quantitative estimate of drug-likeness (QED) is 0.886. The molecular formula is C14H23N3O2. The predicted octanol–water partition coefficient (Wildman–Crippen LogP) is 1.99. The van der Waals surface area contributed by atoms with E-state index in [-0.39, 0.29) is 18.6 Å². The Morgan fingerprint density at radius 3 is 3.11 bits per heavy atom. The minimum absolute atomic E-state index is 0.0386. The molecule has 1 atom stereocenters. The van der Waals surface area contributed by atoms with Gasteiger partial charge in [-0.25, -0.2) is 0 Å². The lowest BCUT2D eigenvalue weighted by molar-refractivity contribution is -0.126. The van der Waals surface area contributed by atoms with E-state index >= 15 is 0 Å². The second kappa shape index (κ2) is 6.19. The first-order valence-corrected chi connectivity index (χ1v) is 7.06. The van der Waals surface area contributed by atoms with Gasteiger partial charge in [-0.05, 0) is 45.6 Å². The fourth-order valence-corrected chi connectivity index (χ4v) is 2.40. The second-order valence-electron chi connectivity index (χ2n) is 5.26. The number of hydrogen-bond acceptors (Lipinski definition) is 3. The van der Waals surface area contributed by atoms with Crippen LogP contribution in [0.15, 0.2) is 6.20 Å². The summed E-state index contributed by atoms with van der Waals surface area (Å²) in [6, 6.07) is 0.391. The number of nitrogens with zero attached hydrogens (tertiary/aromatic N) is 2. The molecule has 1 aromatic heterocycles. The van der Waals surface area contributed by atoms with Crippen molar-refractivity contribution in [3.63, 3.8) is 0 Å².